The van der Waals surface area contributed by atoms with E-state index in [0.717, 1.165) is 0 Å². The molecule has 0 amide bonds. The number of nitrogens with zero attached hydrogens (tertiary/aromatic N) is 1. The summed E-state index contributed by atoms with van der Waals surface area (Å²) in [6.45, 7) is 3.67. The molecule has 7 nitrogen and oxygen atoms in total. The summed E-state index contributed by atoms with van der Waals surface area (Å²) >= 11 is 6.19. The Bertz CT molecular complexity index is 804. The number of methoxy groups -OCH3 is 1. The molecule has 0 aromatic heterocycles. The summed E-state index contributed by atoms with van der Waals surface area (Å²) < 4.78 is 16.1. The third-order valence-electron chi connectivity index (χ3n) is 3.34. The molecule has 0 N–H and O–H groups in total. The first kappa shape index (κ1) is 19.5. The molecule has 8 heteroatoms. The number of hydrogen-bond acceptors (Lipinski definition) is 6. The molecule has 26 heavy (non-hydrogen) atoms. The third kappa shape index (κ3) is 4.86. The van der Waals surface area contributed by atoms with E-state index in [0.29, 0.717) is 17.1 Å². The summed E-state index contributed by atoms with van der Waals surface area (Å²) in [5, 5.41) is 10.9. The van der Waals surface area contributed by atoms with E-state index in [1.54, 1.807) is 0 Å². The van der Waals surface area contributed by atoms with Crippen LogP contribution in [0.2, 0.25) is 5.02 Å². The smallest absolute Gasteiger partial charge is 0.338 e. The molecular formula is C18H18ClNO6. The molecular weight excluding hydrogens is 362 g/mol. The van der Waals surface area contributed by atoms with E-state index in [9.17, 15) is 14.9 Å². The van der Waals surface area contributed by atoms with Gasteiger partial charge < -0.3 is 14.2 Å². The molecule has 0 aliphatic heterocycles. The molecule has 2 aromatic rings. The number of hydrogen-bond donors (Lipinski definition) is 0. The Labute approximate surface area is 155 Å². The zero-order valence-electron chi connectivity index (χ0n) is 14.5. The summed E-state index contributed by atoms with van der Waals surface area (Å²) in [6.07, 6.45) is -0.110. The van der Waals surface area contributed by atoms with Crippen LogP contribution in [0, 0.1) is 10.1 Å². The van der Waals surface area contributed by atoms with Gasteiger partial charge in [0, 0.05) is 12.1 Å². The van der Waals surface area contributed by atoms with Gasteiger partial charge >= 0.3 is 5.97 Å². The van der Waals surface area contributed by atoms with E-state index in [4.69, 9.17) is 25.8 Å². The van der Waals surface area contributed by atoms with E-state index < -0.39 is 10.9 Å². The fourth-order valence-electron chi connectivity index (χ4n) is 2.13. The van der Waals surface area contributed by atoms with Crippen LogP contribution >= 0.6 is 11.6 Å². The second kappa shape index (κ2) is 8.53. The molecule has 0 saturated carbocycles. The number of esters is 1. The zero-order chi connectivity index (χ0) is 19.3. The molecule has 138 valence electrons. The van der Waals surface area contributed by atoms with Gasteiger partial charge in [-0.3, -0.25) is 10.1 Å². The van der Waals surface area contributed by atoms with E-state index in [-0.39, 0.29) is 29.0 Å². The number of non-ortho nitro benzene ring substituents is 1. The van der Waals surface area contributed by atoms with Gasteiger partial charge in [0.25, 0.3) is 5.69 Å². The fourth-order valence-corrected chi connectivity index (χ4v) is 2.39. The zero-order valence-corrected chi connectivity index (χ0v) is 15.3. The van der Waals surface area contributed by atoms with Crippen LogP contribution in [0.15, 0.2) is 36.4 Å². The lowest BCUT2D eigenvalue weighted by Gasteiger charge is -2.16. The Morgan fingerprint density at radius 3 is 2.42 bits per heavy atom. The van der Waals surface area contributed by atoms with Gasteiger partial charge in [-0.15, -0.1) is 0 Å². The van der Waals surface area contributed by atoms with Gasteiger partial charge in [0.1, 0.15) is 6.61 Å². The van der Waals surface area contributed by atoms with Crippen molar-refractivity contribution in [2.24, 2.45) is 0 Å². The summed E-state index contributed by atoms with van der Waals surface area (Å²) in [7, 11) is 1.45. The molecule has 0 saturated heterocycles. The Balaban J connectivity index is 2.11. The maximum Gasteiger partial charge on any atom is 0.338 e. The Morgan fingerprint density at radius 1 is 1.23 bits per heavy atom. The van der Waals surface area contributed by atoms with Gasteiger partial charge in [0.2, 0.25) is 0 Å². The highest BCUT2D eigenvalue weighted by Crippen LogP contribution is 2.37. The highest BCUT2D eigenvalue weighted by molar-refractivity contribution is 6.32. The van der Waals surface area contributed by atoms with Crippen molar-refractivity contribution in [2.75, 3.05) is 7.11 Å². The largest absolute Gasteiger partial charge is 0.493 e. The maximum atomic E-state index is 12.3. The van der Waals surface area contributed by atoms with Crippen LogP contribution < -0.4 is 9.47 Å². The monoisotopic (exact) mass is 379 g/mol. The van der Waals surface area contributed by atoms with Gasteiger partial charge in [-0.05, 0) is 43.7 Å². The molecule has 0 aliphatic carbocycles. The van der Waals surface area contributed by atoms with Gasteiger partial charge in [0.15, 0.2) is 11.5 Å². The first-order valence-electron chi connectivity index (χ1n) is 7.76. The van der Waals surface area contributed by atoms with Crippen molar-refractivity contribution in [3.63, 3.8) is 0 Å². The second-order valence-electron chi connectivity index (χ2n) is 5.66. The molecule has 0 atom stereocenters. The van der Waals surface area contributed by atoms with Crippen LogP contribution in [0.3, 0.4) is 0 Å². The lowest BCUT2D eigenvalue weighted by molar-refractivity contribution is -0.384. The maximum absolute atomic E-state index is 12.3. The quantitative estimate of drug-likeness (QED) is 0.402. The van der Waals surface area contributed by atoms with E-state index in [1.165, 1.54) is 43.5 Å². The van der Waals surface area contributed by atoms with Crippen LogP contribution in [0.5, 0.6) is 11.5 Å². The van der Waals surface area contributed by atoms with Gasteiger partial charge in [-0.1, -0.05) is 11.6 Å². The summed E-state index contributed by atoms with van der Waals surface area (Å²) in [5.74, 6) is 0.0872. The predicted molar refractivity (Wildman–Crippen MR) is 96.0 cm³/mol. The molecule has 2 rings (SSSR count). The number of nitro benzene ring substituents is 1. The number of carbonyl (C=O) groups excluding carboxylic acids is 1. The van der Waals surface area contributed by atoms with E-state index >= 15 is 0 Å². The standard InChI is InChI=1S/C18H18ClNO6/c1-11(2)26-17-15(19)8-13(9-16(17)24-3)18(21)25-10-12-4-6-14(7-5-12)20(22)23/h4-9,11H,10H2,1-3H3. The number of carbonyl (C=O) groups is 1. The van der Waals surface area contributed by atoms with Crippen molar-refractivity contribution in [3.8, 4) is 11.5 Å². The van der Waals surface area contributed by atoms with Crippen LogP contribution in [-0.2, 0) is 11.3 Å². The number of halogens is 1. The topological polar surface area (TPSA) is 87.9 Å². The molecule has 0 unspecified atom stereocenters. The molecule has 2 aromatic carbocycles. The summed E-state index contributed by atoms with van der Waals surface area (Å²) in [5.41, 5.74) is 0.809. The molecule has 0 bridgehead atoms. The van der Waals surface area contributed by atoms with Crippen molar-refractivity contribution in [2.45, 2.75) is 26.6 Å². The van der Waals surface area contributed by atoms with Crippen molar-refractivity contribution in [3.05, 3.63) is 62.7 Å². The minimum Gasteiger partial charge on any atom is -0.493 e. The molecule has 0 heterocycles. The van der Waals surface area contributed by atoms with Crippen LogP contribution in [0.4, 0.5) is 5.69 Å². The SMILES string of the molecule is COc1cc(C(=O)OCc2ccc([N+](=O)[O-])cc2)cc(Cl)c1OC(C)C. The molecule has 0 fully saturated rings. The minimum absolute atomic E-state index is 0.0268. The van der Waals surface area contributed by atoms with Gasteiger partial charge in [-0.25, -0.2) is 4.79 Å². The van der Waals surface area contributed by atoms with E-state index in [2.05, 4.69) is 0 Å². The fraction of sp³-hybridized carbons (Fsp3) is 0.278. The Morgan fingerprint density at radius 2 is 1.88 bits per heavy atom. The van der Waals surface area contributed by atoms with Crippen molar-refractivity contribution in [1.82, 2.24) is 0 Å². The predicted octanol–water partition coefficient (Wildman–Crippen LogP) is 4.40. The summed E-state index contributed by atoms with van der Waals surface area (Å²) in [4.78, 5) is 22.4. The Kier molecular flexibility index (Phi) is 6.41. The van der Waals surface area contributed by atoms with Crippen LogP contribution in [0.25, 0.3) is 0 Å². The lowest BCUT2D eigenvalue weighted by atomic mass is 10.2. The highest BCUT2D eigenvalue weighted by atomic mass is 35.5. The first-order valence-corrected chi connectivity index (χ1v) is 8.14. The first-order chi connectivity index (χ1) is 12.3. The number of nitro groups is 1. The third-order valence-corrected chi connectivity index (χ3v) is 3.62. The average molecular weight is 380 g/mol. The Hall–Kier alpha value is -2.80. The highest BCUT2D eigenvalue weighted by Gasteiger charge is 2.18. The summed E-state index contributed by atoms with van der Waals surface area (Å²) in [6, 6.07) is 8.68. The van der Waals surface area contributed by atoms with Crippen LogP contribution in [-0.4, -0.2) is 24.1 Å². The number of ether oxygens (including phenoxy) is 3. The molecule has 0 radical (unpaired) electrons. The van der Waals surface area contributed by atoms with E-state index in [1.807, 2.05) is 13.8 Å². The van der Waals surface area contributed by atoms with Crippen molar-refractivity contribution >= 4 is 23.3 Å². The molecule has 0 aliphatic rings. The minimum atomic E-state index is -0.598. The number of benzene rings is 2. The van der Waals surface area contributed by atoms with Gasteiger partial charge in [0.05, 0.1) is 28.7 Å². The normalized spacial score (nSPS) is 10.5. The van der Waals surface area contributed by atoms with Crippen molar-refractivity contribution in [1.29, 1.82) is 0 Å². The molecule has 0 spiro atoms. The van der Waals surface area contributed by atoms with Gasteiger partial charge in [-0.2, -0.15) is 0 Å². The average Bonchev–Trinajstić information content (AvgIpc) is 2.61. The van der Waals surface area contributed by atoms with Crippen LogP contribution in [0.1, 0.15) is 29.8 Å². The van der Waals surface area contributed by atoms with Crippen molar-refractivity contribution < 1.29 is 23.9 Å². The lowest BCUT2D eigenvalue weighted by Crippen LogP contribution is -2.09. The number of rotatable bonds is 7. The second-order valence-corrected chi connectivity index (χ2v) is 6.06.